The second kappa shape index (κ2) is 5.21. The summed E-state index contributed by atoms with van der Waals surface area (Å²) in [5, 5.41) is 0. The van der Waals surface area contributed by atoms with E-state index in [0.29, 0.717) is 5.56 Å². The molecule has 0 N–H and O–H groups in total. The molecule has 0 aliphatic heterocycles. The van der Waals surface area contributed by atoms with Crippen LogP contribution in [0.1, 0.15) is 21.5 Å². The molecule has 1 amide bonds. The molecule has 2 aromatic carbocycles. The number of benzene rings is 2. The molecule has 0 heterocycles. The van der Waals surface area contributed by atoms with Crippen molar-refractivity contribution in [1.82, 2.24) is 0 Å². The first-order chi connectivity index (χ1) is 8.25. The van der Waals surface area contributed by atoms with Gasteiger partial charge in [-0.25, -0.2) is 4.99 Å². The normalized spacial score (nSPS) is 10.6. The average Bonchev–Trinajstić information content (AvgIpc) is 2.38. The van der Waals surface area contributed by atoms with Crippen LogP contribution in [0, 0.1) is 6.92 Å². The molecule has 84 valence electrons. The van der Waals surface area contributed by atoms with Crippen LogP contribution in [0.5, 0.6) is 0 Å². The van der Waals surface area contributed by atoms with Gasteiger partial charge in [-0.1, -0.05) is 48.0 Å². The number of aryl methyl sites for hydroxylation is 1. The van der Waals surface area contributed by atoms with E-state index in [1.54, 1.807) is 18.3 Å². The Morgan fingerprint density at radius 3 is 2.29 bits per heavy atom. The van der Waals surface area contributed by atoms with Crippen molar-refractivity contribution >= 4 is 12.1 Å². The summed E-state index contributed by atoms with van der Waals surface area (Å²) in [4.78, 5) is 15.7. The van der Waals surface area contributed by atoms with Crippen LogP contribution in [-0.4, -0.2) is 12.1 Å². The number of rotatable bonds is 2. The zero-order chi connectivity index (χ0) is 12.1. The predicted octanol–water partition coefficient (Wildman–Crippen LogP) is 3.25. The van der Waals surface area contributed by atoms with Gasteiger partial charge in [-0.05, 0) is 24.6 Å². The van der Waals surface area contributed by atoms with Crippen LogP contribution < -0.4 is 0 Å². The van der Waals surface area contributed by atoms with Crippen LogP contribution in [0.3, 0.4) is 0 Å². The number of hydrogen-bond donors (Lipinski definition) is 0. The molecule has 0 atom stereocenters. The van der Waals surface area contributed by atoms with Gasteiger partial charge >= 0.3 is 0 Å². The number of carbonyl (C=O) groups is 1. The van der Waals surface area contributed by atoms with Crippen molar-refractivity contribution in [2.24, 2.45) is 4.99 Å². The number of hydrogen-bond acceptors (Lipinski definition) is 1. The van der Waals surface area contributed by atoms with Gasteiger partial charge in [-0.15, -0.1) is 0 Å². The van der Waals surface area contributed by atoms with Crippen molar-refractivity contribution in [1.29, 1.82) is 0 Å². The van der Waals surface area contributed by atoms with E-state index in [9.17, 15) is 4.79 Å². The molecule has 2 nitrogen and oxygen atoms in total. The third kappa shape index (κ3) is 3.11. The smallest absolute Gasteiger partial charge is 0.267 e. The molecule has 0 bridgehead atoms. The number of aliphatic imine (C=N–C) groups is 1. The highest BCUT2D eigenvalue weighted by atomic mass is 16.1. The van der Waals surface area contributed by atoms with Crippen molar-refractivity contribution in [3.63, 3.8) is 0 Å². The fourth-order valence-corrected chi connectivity index (χ4v) is 1.44. The molecule has 0 unspecified atom stereocenters. The molecule has 0 aromatic heterocycles. The molecule has 0 aliphatic carbocycles. The molecule has 0 spiro atoms. The molecular formula is C15H13NO. The highest BCUT2D eigenvalue weighted by Gasteiger charge is 2.01. The number of amides is 1. The zero-order valence-electron chi connectivity index (χ0n) is 9.63. The second-order valence-electron chi connectivity index (χ2n) is 3.84. The Kier molecular flexibility index (Phi) is 3.46. The Morgan fingerprint density at radius 1 is 1.00 bits per heavy atom. The lowest BCUT2D eigenvalue weighted by Gasteiger charge is -1.96. The molecular weight excluding hydrogens is 210 g/mol. The van der Waals surface area contributed by atoms with E-state index in [4.69, 9.17) is 0 Å². The first kappa shape index (κ1) is 11.3. The van der Waals surface area contributed by atoms with Gasteiger partial charge in [0, 0.05) is 11.8 Å². The summed E-state index contributed by atoms with van der Waals surface area (Å²) in [6.45, 7) is 1.99. The summed E-state index contributed by atoms with van der Waals surface area (Å²) in [7, 11) is 0. The Labute approximate surface area is 101 Å². The van der Waals surface area contributed by atoms with Crippen molar-refractivity contribution in [3.05, 3.63) is 71.3 Å². The maximum Gasteiger partial charge on any atom is 0.276 e. The quantitative estimate of drug-likeness (QED) is 0.718. The van der Waals surface area contributed by atoms with Gasteiger partial charge in [0.25, 0.3) is 5.91 Å². The Balaban J connectivity index is 2.12. The molecule has 2 heteroatoms. The first-order valence-corrected chi connectivity index (χ1v) is 5.46. The maximum atomic E-state index is 11.7. The lowest BCUT2D eigenvalue weighted by Crippen LogP contribution is -1.95. The third-order valence-electron chi connectivity index (χ3n) is 2.43. The summed E-state index contributed by atoms with van der Waals surface area (Å²) in [6, 6.07) is 17.0. The van der Waals surface area contributed by atoms with Crippen LogP contribution in [-0.2, 0) is 0 Å². The van der Waals surface area contributed by atoms with Gasteiger partial charge in [-0.2, -0.15) is 0 Å². The van der Waals surface area contributed by atoms with Gasteiger partial charge in [0.05, 0.1) is 0 Å². The molecule has 0 saturated carbocycles. The van der Waals surface area contributed by atoms with Crippen LogP contribution >= 0.6 is 0 Å². The fourth-order valence-electron chi connectivity index (χ4n) is 1.44. The largest absolute Gasteiger partial charge is 0.276 e. The molecule has 0 saturated heterocycles. The maximum absolute atomic E-state index is 11.7. The van der Waals surface area contributed by atoms with Crippen molar-refractivity contribution in [2.45, 2.75) is 6.92 Å². The van der Waals surface area contributed by atoms with E-state index in [-0.39, 0.29) is 5.91 Å². The monoisotopic (exact) mass is 223 g/mol. The van der Waals surface area contributed by atoms with E-state index < -0.39 is 0 Å². The predicted molar refractivity (Wildman–Crippen MR) is 69.5 cm³/mol. The third-order valence-corrected chi connectivity index (χ3v) is 2.43. The van der Waals surface area contributed by atoms with Crippen molar-refractivity contribution in [2.75, 3.05) is 0 Å². The van der Waals surface area contributed by atoms with E-state index in [0.717, 1.165) is 11.1 Å². The highest BCUT2D eigenvalue weighted by Crippen LogP contribution is 2.05. The van der Waals surface area contributed by atoms with Gasteiger partial charge in [0.1, 0.15) is 0 Å². The average molecular weight is 223 g/mol. The van der Waals surface area contributed by atoms with Gasteiger partial charge < -0.3 is 0 Å². The molecule has 0 radical (unpaired) electrons. The second-order valence-corrected chi connectivity index (χ2v) is 3.84. The van der Waals surface area contributed by atoms with E-state index in [1.807, 2.05) is 49.4 Å². The minimum absolute atomic E-state index is 0.214. The van der Waals surface area contributed by atoms with Crippen molar-refractivity contribution < 1.29 is 4.79 Å². The zero-order valence-corrected chi connectivity index (χ0v) is 9.63. The topological polar surface area (TPSA) is 29.4 Å². The summed E-state index contributed by atoms with van der Waals surface area (Å²) in [6.07, 6.45) is 1.59. The highest BCUT2D eigenvalue weighted by molar-refractivity contribution is 6.01. The van der Waals surface area contributed by atoms with Crippen LogP contribution in [0.15, 0.2) is 59.6 Å². The lowest BCUT2D eigenvalue weighted by molar-refractivity contribution is 0.100. The summed E-state index contributed by atoms with van der Waals surface area (Å²) in [5.41, 5.74) is 2.67. The molecule has 2 rings (SSSR count). The Hall–Kier alpha value is -2.22. The minimum atomic E-state index is -0.214. The minimum Gasteiger partial charge on any atom is -0.267 e. The summed E-state index contributed by atoms with van der Waals surface area (Å²) >= 11 is 0. The molecule has 0 fully saturated rings. The molecule has 17 heavy (non-hydrogen) atoms. The van der Waals surface area contributed by atoms with Crippen LogP contribution in [0.2, 0.25) is 0 Å². The number of nitrogens with zero attached hydrogens (tertiary/aromatic N) is 1. The van der Waals surface area contributed by atoms with E-state index in [2.05, 4.69) is 4.99 Å². The van der Waals surface area contributed by atoms with Gasteiger partial charge in [0.2, 0.25) is 0 Å². The van der Waals surface area contributed by atoms with E-state index >= 15 is 0 Å². The molecule has 0 aliphatic rings. The lowest BCUT2D eigenvalue weighted by atomic mass is 10.1. The van der Waals surface area contributed by atoms with Crippen LogP contribution in [0.25, 0.3) is 0 Å². The van der Waals surface area contributed by atoms with E-state index in [1.165, 1.54) is 0 Å². The van der Waals surface area contributed by atoms with Gasteiger partial charge in [0.15, 0.2) is 0 Å². The fraction of sp³-hybridized carbons (Fsp3) is 0.0667. The Morgan fingerprint density at radius 2 is 1.65 bits per heavy atom. The first-order valence-electron chi connectivity index (χ1n) is 5.46. The standard InChI is InChI=1S/C15H13NO/c1-12-7-9-14(10-8-12)15(17)16-11-13-5-3-2-4-6-13/h2-11H,1H3. The Bertz CT molecular complexity index is 527. The SMILES string of the molecule is Cc1ccc(C(=O)N=Cc2ccccc2)cc1. The summed E-state index contributed by atoms with van der Waals surface area (Å²) < 4.78 is 0. The summed E-state index contributed by atoms with van der Waals surface area (Å²) in [5.74, 6) is -0.214. The van der Waals surface area contributed by atoms with Crippen molar-refractivity contribution in [3.8, 4) is 0 Å². The van der Waals surface area contributed by atoms with Crippen LogP contribution in [0.4, 0.5) is 0 Å². The molecule has 2 aromatic rings. The number of carbonyl (C=O) groups excluding carboxylic acids is 1. The van der Waals surface area contributed by atoms with Gasteiger partial charge in [-0.3, -0.25) is 4.79 Å².